The summed E-state index contributed by atoms with van der Waals surface area (Å²) in [6.45, 7) is 5.03. The molecule has 0 saturated carbocycles. The maximum atomic E-state index is 12.4. The third kappa shape index (κ3) is 5.24. The van der Waals surface area contributed by atoms with Crippen LogP contribution in [0.25, 0.3) is 0 Å². The number of carbonyl (C=O) groups excluding carboxylic acids is 1. The average Bonchev–Trinajstić information content (AvgIpc) is 3.14. The second kappa shape index (κ2) is 8.55. The van der Waals surface area contributed by atoms with E-state index in [0.29, 0.717) is 5.92 Å². The molecule has 1 N–H and O–H groups in total. The van der Waals surface area contributed by atoms with Crippen molar-refractivity contribution in [3.63, 3.8) is 0 Å². The van der Waals surface area contributed by atoms with E-state index in [1.54, 1.807) is 12.5 Å². The van der Waals surface area contributed by atoms with E-state index in [9.17, 15) is 4.79 Å². The Morgan fingerprint density at radius 2 is 2.08 bits per heavy atom. The van der Waals surface area contributed by atoms with Gasteiger partial charge < -0.3 is 19.5 Å². The van der Waals surface area contributed by atoms with Crippen LogP contribution in [0.4, 0.5) is 4.79 Å². The highest BCUT2D eigenvalue weighted by molar-refractivity contribution is 5.74. The Bertz CT molecular complexity index is 637. The van der Waals surface area contributed by atoms with Gasteiger partial charge in [0.15, 0.2) is 0 Å². The van der Waals surface area contributed by atoms with Gasteiger partial charge in [-0.25, -0.2) is 9.78 Å². The molecule has 25 heavy (non-hydrogen) atoms. The molecule has 2 aromatic rings. The molecule has 1 aliphatic rings. The first-order valence-corrected chi connectivity index (χ1v) is 8.90. The Hall–Kier alpha value is -2.50. The molecule has 0 aliphatic carbocycles. The van der Waals surface area contributed by atoms with Gasteiger partial charge in [0.05, 0.1) is 12.9 Å². The van der Waals surface area contributed by atoms with Gasteiger partial charge in [0, 0.05) is 38.1 Å². The van der Waals surface area contributed by atoms with Crippen molar-refractivity contribution >= 4 is 6.03 Å². The van der Waals surface area contributed by atoms with Crippen LogP contribution in [0.1, 0.15) is 19.8 Å². The fourth-order valence-corrected chi connectivity index (χ4v) is 3.09. The van der Waals surface area contributed by atoms with E-state index in [1.165, 1.54) is 0 Å². The van der Waals surface area contributed by atoms with Crippen LogP contribution in [0, 0.1) is 5.92 Å². The number of para-hydroxylation sites is 1. The lowest BCUT2D eigenvalue weighted by molar-refractivity contribution is 0.143. The van der Waals surface area contributed by atoms with Crippen molar-refractivity contribution < 1.29 is 9.53 Å². The van der Waals surface area contributed by atoms with E-state index < -0.39 is 0 Å². The number of hydrogen-bond acceptors (Lipinski definition) is 3. The van der Waals surface area contributed by atoms with Gasteiger partial charge in [-0.1, -0.05) is 18.2 Å². The molecule has 6 heteroatoms. The number of urea groups is 1. The van der Waals surface area contributed by atoms with Gasteiger partial charge in [0.1, 0.15) is 5.75 Å². The quantitative estimate of drug-likeness (QED) is 0.878. The van der Waals surface area contributed by atoms with Gasteiger partial charge in [-0.2, -0.15) is 0 Å². The van der Waals surface area contributed by atoms with Crippen molar-refractivity contribution in [1.82, 2.24) is 19.8 Å². The zero-order valence-corrected chi connectivity index (χ0v) is 14.7. The van der Waals surface area contributed by atoms with Crippen molar-refractivity contribution in [2.45, 2.75) is 32.4 Å². The molecular formula is C19H26N4O2. The second-order valence-electron chi connectivity index (χ2n) is 6.66. The normalized spacial score (nSPS) is 16.4. The predicted octanol–water partition coefficient (Wildman–Crippen LogP) is 2.77. The Morgan fingerprint density at radius 3 is 2.76 bits per heavy atom. The first-order valence-electron chi connectivity index (χ1n) is 8.90. The molecule has 1 aliphatic heterocycles. The number of aromatic nitrogens is 2. The fourth-order valence-electron chi connectivity index (χ4n) is 3.09. The summed E-state index contributed by atoms with van der Waals surface area (Å²) < 4.78 is 7.81. The van der Waals surface area contributed by atoms with E-state index >= 15 is 0 Å². The number of imidazole rings is 1. The van der Waals surface area contributed by atoms with Crippen molar-refractivity contribution in [3.05, 3.63) is 49.1 Å². The standard InChI is InChI=1S/C19H26N4O2/c1-16(13-22-12-9-20-15-22)21-19(24)23-10-7-17(8-11-23)14-25-18-5-3-2-4-6-18/h2-6,9,12,15-17H,7-8,10-11,13-14H2,1H3,(H,21,24). The maximum Gasteiger partial charge on any atom is 0.317 e. The Morgan fingerprint density at radius 1 is 1.32 bits per heavy atom. The first kappa shape index (κ1) is 17.3. The highest BCUT2D eigenvalue weighted by atomic mass is 16.5. The van der Waals surface area contributed by atoms with Crippen LogP contribution >= 0.6 is 0 Å². The number of amides is 2. The number of nitrogens with zero attached hydrogens (tertiary/aromatic N) is 3. The first-order chi connectivity index (χ1) is 12.2. The largest absolute Gasteiger partial charge is 0.493 e. The van der Waals surface area contributed by atoms with Crippen LogP contribution in [-0.4, -0.2) is 46.2 Å². The van der Waals surface area contributed by atoms with Crippen LogP contribution in [0.3, 0.4) is 0 Å². The van der Waals surface area contributed by atoms with E-state index in [0.717, 1.165) is 44.8 Å². The topological polar surface area (TPSA) is 59.4 Å². The minimum absolute atomic E-state index is 0.0232. The molecule has 0 bridgehead atoms. The van der Waals surface area contributed by atoms with Gasteiger partial charge >= 0.3 is 6.03 Å². The molecule has 3 rings (SSSR count). The lowest BCUT2D eigenvalue weighted by Crippen LogP contribution is -2.48. The van der Waals surface area contributed by atoms with Crippen LogP contribution in [0.15, 0.2) is 49.1 Å². The zero-order valence-electron chi connectivity index (χ0n) is 14.7. The van der Waals surface area contributed by atoms with Gasteiger partial charge in [-0.3, -0.25) is 0 Å². The molecule has 1 aromatic carbocycles. The van der Waals surface area contributed by atoms with Crippen LogP contribution < -0.4 is 10.1 Å². The lowest BCUT2D eigenvalue weighted by Gasteiger charge is -2.32. The fraction of sp³-hybridized carbons (Fsp3) is 0.474. The SMILES string of the molecule is CC(Cn1ccnc1)NC(=O)N1CCC(COc2ccccc2)CC1. The number of rotatable bonds is 6. The molecule has 1 saturated heterocycles. The zero-order chi connectivity index (χ0) is 17.5. The molecule has 1 atom stereocenters. The number of benzene rings is 1. The third-order valence-electron chi connectivity index (χ3n) is 4.54. The van der Waals surface area contributed by atoms with Crippen molar-refractivity contribution in [1.29, 1.82) is 0 Å². The Kier molecular flexibility index (Phi) is 5.93. The van der Waals surface area contributed by atoms with Gasteiger partial charge in [0.2, 0.25) is 0 Å². The predicted molar refractivity (Wildman–Crippen MR) is 96.5 cm³/mol. The third-order valence-corrected chi connectivity index (χ3v) is 4.54. The highest BCUT2D eigenvalue weighted by Gasteiger charge is 2.24. The summed E-state index contributed by atoms with van der Waals surface area (Å²) in [5, 5.41) is 3.07. The number of piperidine rings is 1. The molecule has 2 amide bonds. The lowest BCUT2D eigenvalue weighted by atomic mass is 9.98. The average molecular weight is 342 g/mol. The molecular weight excluding hydrogens is 316 g/mol. The summed E-state index contributed by atoms with van der Waals surface area (Å²) in [5.74, 6) is 1.42. The molecule has 1 aromatic heterocycles. The van der Waals surface area contributed by atoms with E-state index in [2.05, 4.69) is 10.3 Å². The molecule has 0 radical (unpaired) electrons. The van der Waals surface area contributed by atoms with Crippen molar-refractivity contribution in [2.75, 3.05) is 19.7 Å². The summed E-state index contributed by atoms with van der Waals surface area (Å²) >= 11 is 0. The number of carbonyl (C=O) groups is 1. The maximum absolute atomic E-state index is 12.4. The highest BCUT2D eigenvalue weighted by Crippen LogP contribution is 2.19. The number of likely N-dealkylation sites (tertiary alicyclic amines) is 1. The smallest absolute Gasteiger partial charge is 0.317 e. The molecule has 0 spiro atoms. The number of nitrogens with one attached hydrogen (secondary N) is 1. The Balaban J connectivity index is 1.37. The minimum atomic E-state index is 0.0232. The molecule has 6 nitrogen and oxygen atoms in total. The van der Waals surface area contributed by atoms with Crippen LogP contribution in [0.5, 0.6) is 5.75 Å². The molecule has 134 valence electrons. The van der Waals surface area contributed by atoms with Crippen molar-refractivity contribution in [2.24, 2.45) is 5.92 Å². The summed E-state index contributed by atoms with van der Waals surface area (Å²) in [6, 6.07) is 9.99. The monoisotopic (exact) mass is 342 g/mol. The van der Waals surface area contributed by atoms with E-state index in [-0.39, 0.29) is 12.1 Å². The second-order valence-corrected chi connectivity index (χ2v) is 6.66. The number of ether oxygens (including phenoxy) is 1. The van der Waals surface area contributed by atoms with E-state index in [1.807, 2.05) is 52.9 Å². The Labute approximate surface area is 148 Å². The molecule has 1 unspecified atom stereocenters. The number of hydrogen-bond donors (Lipinski definition) is 1. The van der Waals surface area contributed by atoms with Crippen LogP contribution in [0.2, 0.25) is 0 Å². The molecule has 2 heterocycles. The van der Waals surface area contributed by atoms with Gasteiger partial charge in [-0.05, 0) is 37.8 Å². The summed E-state index contributed by atoms with van der Waals surface area (Å²) in [7, 11) is 0. The van der Waals surface area contributed by atoms with Crippen molar-refractivity contribution in [3.8, 4) is 5.75 Å². The minimum Gasteiger partial charge on any atom is -0.493 e. The van der Waals surface area contributed by atoms with E-state index in [4.69, 9.17) is 4.74 Å². The van der Waals surface area contributed by atoms with Gasteiger partial charge in [-0.15, -0.1) is 0 Å². The van der Waals surface area contributed by atoms with Crippen LogP contribution in [-0.2, 0) is 6.54 Å². The molecule has 1 fully saturated rings. The summed E-state index contributed by atoms with van der Waals surface area (Å²) in [6.07, 6.45) is 7.38. The summed E-state index contributed by atoms with van der Waals surface area (Å²) in [4.78, 5) is 18.3. The van der Waals surface area contributed by atoms with Gasteiger partial charge in [0.25, 0.3) is 0 Å². The summed E-state index contributed by atoms with van der Waals surface area (Å²) in [5.41, 5.74) is 0.